The molecule has 0 saturated carbocycles. The number of rotatable bonds is 7. The number of halogens is 2. The lowest BCUT2D eigenvalue weighted by Gasteiger charge is -2.09. The largest absolute Gasteiger partial charge is 0.352 e. The highest BCUT2D eigenvalue weighted by Gasteiger charge is 2.17. The number of sulfonamides is 1. The number of nitrogens with one attached hydrogen (secondary N) is 2. The van der Waals surface area contributed by atoms with Crippen molar-refractivity contribution in [1.82, 2.24) is 10.3 Å². The lowest BCUT2D eigenvalue weighted by Crippen LogP contribution is -2.25. The molecule has 6 nitrogen and oxygen atoms in total. The van der Waals surface area contributed by atoms with Crippen LogP contribution in [-0.4, -0.2) is 25.9 Å². The Labute approximate surface area is 166 Å². The third kappa shape index (κ3) is 5.35. The van der Waals surface area contributed by atoms with Crippen molar-refractivity contribution < 1.29 is 22.0 Å². The van der Waals surface area contributed by atoms with Crippen LogP contribution in [0.1, 0.15) is 16.1 Å². The van der Waals surface area contributed by atoms with E-state index in [-0.39, 0.29) is 11.6 Å². The molecule has 9 heteroatoms. The standard InChI is InChI=1S/C20H17F2N3O3S/c21-18-9-8-17(13-19(18)22)29(27,28)25-16-6-4-14(5-7-16)20(26)24-12-10-15-3-1-2-11-23-15/h1-9,11,13,25H,10,12H2,(H,24,26). The maximum atomic E-state index is 13.3. The van der Waals surface area contributed by atoms with Crippen LogP contribution in [0.4, 0.5) is 14.5 Å². The van der Waals surface area contributed by atoms with Gasteiger partial charge in [0.05, 0.1) is 4.90 Å². The first kappa shape index (κ1) is 20.4. The van der Waals surface area contributed by atoms with Crippen molar-refractivity contribution in [2.75, 3.05) is 11.3 Å². The van der Waals surface area contributed by atoms with Crippen molar-refractivity contribution in [3.63, 3.8) is 0 Å². The van der Waals surface area contributed by atoms with Gasteiger partial charge in [-0.2, -0.15) is 0 Å². The van der Waals surface area contributed by atoms with Crippen molar-refractivity contribution >= 4 is 21.6 Å². The quantitative estimate of drug-likeness (QED) is 0.618. The molecule has 0 aliphatic carbocycles. The van der Waals surface area contributed by atoms with Crippen LogP contribution < -0.4 is 10.0 Å². The van der Waals surface area contributed by atoms with Crippen molar-refractivity contribution in [1.29, 1.82) is 0 Å². The van der Waals surface area contributed by atoms with Gasteiger partial charge in [0.1, 0.15) is 0 Å². The van der Waals surface area contributed by atoms with Gasteiger partial charge in [-0.25, -0.2) is 17.2 Å². The Bertz CT molecular complexity index is 1110. The van der Waals surface area contributed by atoms with Crippen molar-refractivity contribution in [3.8, 4) is 0 Å². The zero-order valence-electron chi connectivity index (χ0n) is 15.1. The molecule has 150 valence electrons. The highest BCUT2D eigenvalue weighted by molar-refractivity contribution is 7.92. The third-order valence-corrected chi connectivity index (χ3v) is 5.37. The molecule has 2 N–H and O–H groups in total. The van der Waals surface area contributed by atoms with Crippen LogP contribution in [-0.2, 0) is 16.4 Å². The molecular weight excluding hydrogens is 400 g/mol. The van der Waals surface area contributed by atoms with E-state index in [1.54, 1.807) is 6.20 Å². The van der Waals surface area contributed by atoms with E-state index < -0.39 is 26.6 Å². The van der Waals surface area contributed by atoms with Crippen LogP contribution in [0.25, 0.3) is 0 Å². The molecule has 0 aliphatic heterocycles. The Morgan fingerprint density at radius 2 is 1.72 bits per heavy atom. The van der Waals surface area contributed by atoms with Crippen LogP contribution in [0.5, 0.6) is 0 Å². The number of carbonyl (C=O) groups is 1. The van der Waals surface area contributed by atoms with Gasteiger partial charge in [-0.05, 0) is 54.6 Å². The van der Waals surface area contributed by atoms with Gasteiger partial charge in [-0.3, -0.25) is 14.5 Å². The Morgan fingerprint density at radius 1 is 0.966 bits per heavy atom. The van der Waals surface area contributed by atoms with Gasteiger partial charge in [0, 0.05) is 36.1 Å². The number of pyridine rings is 1. The van der Waals surface area contributed by atoms with Gasteiger partial charge in [-0.1, -0.05) is 6.07 Å². The summed E-state index contributed by atoms with van der Waals surface area (Å²) in [5.74, 6) is -2.70. The van der Waals surface area contributed by atoms with Gasteiger partial charge in [0.2, 0.25) is 0 Å². The zero-order chi connectivity index (χ0) is 20.9. The van der Waals surface area contributed by atoms with E-state index in [1.807, 2.05) is 18.2 Å². The first-order chi connectivity index (χ1) is 13.8. The number of carbonyl (C=O) groups excluding carboxylic acids is 1. The maximum absolute atomic E-state index is 13.3. The second kappa shape index (κ2) is 8.78. The fraction of sp³-hybridized carbons (Fsp3) is 0.100. The van der Waals surface area contributed by atoms with Gasteiger partial charge >= 0.3 is 0 Å². The highest BCUT2D eigenvalue weighted by atomic mass is 32.2. The van der Waals surface area contributed by atoms with Crippen LogP contribution in [0.2, 0.25) is 0 Å². The normalized spacial score (nSPS) is 11.1. The maximum Gasteiger partial charge on any atom is 0.261 e. The summed E-state index contributed by atoms with van der Waals surface area (Å²) in [4.78, 5) is 15.9. The summed E-state index contributed by atoms with van der Waals surface area (Å²) in [6.45, 7) is 0.403. The van der Waals surface area contributed by atoms with Gasteiger partial charge in [0.25, 0.3) is 15.9 Å². The van der Waals surface area contributed by atoms with Gasteiger partial charge < -0.3 is 5.32 Å². The van der Waals surface area contributed by atoms with Crippen LogP contribution in [0.3, 0.4) is 0 Å². The summed E-state index contributed by atoms with van der Waals surface area (Å²) in [7, 11) is -4.09. The molecule has 0 spiro atoms. The monoisotopic (exact) mass is 417 g/mol. The molecule has 1 aromatic heterocycles. The molecule has 0 aliphatic rings. The molecule has 3 aromatic rings. The molecule has 2 aromatic carbocycles. The second-order valence-electron chi connectivity index (χ2n) is 6.09. The zero-order valence-corrected chi connectivity index (χ0v) is 15.9. The van der Waals surface area contributed by atoms with E-state index in [1.165, 1.54) is 24.3 Å². The van der Waals surface area contributed by atoms with E-state index in [0.29, 0.717) is 24.6 Å². The SMILES string of the molecule is O=C(NCCc1ccccn1)c1ccc(NS(=O)(=O)c2ccc(F)c(F)c2)cc1. The molecule has 0 fully saturated rings. The second-order valence-corrected chi connectivity index (χ2v) is 7.77. The van der Waals surface area contributed by atoms with E-state index in [9.17, 15) is 22.0 Å². The van der Waals surface area contributed by atoms with Crippen LogP contribution in [0, 0.1) is 11.6 Å². The van der Waals surface area contributed by atoms with E-state index in [0.717, 1.165) is 17.8 Å². The molecule has 0 atom stereocenters. The molecule has 0 saturated heterocycles. The molecule has 1 amide bonds. The minimum atomic E-state index is -4.09. The number of hydrogen-bond acceptors (Lipinski definition) is 4. The van der Waals surface area contributed by atoms with Crippen LogP contribution in [0.15, 0.2) is 71.8 Å². The molecule has 29 heavy (non-hydrogen) atoms. The average molecular weight is 417 g/mol. The summed E-state index contributed by atoms with van der Waals surface area (Å²) >= 11 is 0. The molecule has 0 bridgehead atoms. The Morgan fingerprint density at radius 3 is 2.38 bits per heavy atom. The van der Waals surface area contributed by atoms with Crippen molar-refractivity contribution in [2.24, 2.45) is 0 Å². The molecule has 0 radical (unpaired) electrons. The van der Waals surface area contributed by atoms with E-state index in [4.69, 9.17) is 0 Å². The number of hydrogen-bond donors (Lipinski definition) is 2. The molecule has 3 rings (SSSR count). The molecule has 0 unspecified atom stereocenters. The Hall–Kier alpha value is -3.33. The van der Waals surface area contributed by atoms with Gasteiger partial charge in [0.15, 0.2) is 11.6 Å². The van der Waals surface area contributed by atoms with Crippen molar-refractivity contribution in [2.45, 2.75) is 11.3 Å². The number of nitrogens with zero attached hydrogens (tertiary/aromatic N) is 1. The summed E-state index contributed by atoms with van der Waals surface area (Å²) in [6.07, 6.45) is 2.26. The highest BCUT2D eigenvalue weighted by Crippen LogP contribution is 2.18. The first-order valence-electron chi connectivity index (χ1n) is 8.61. The smallest absolute Gasteiger partial charge is 0.261 e. The predicted octanol–water partition coefficient (Wildman–Crippen LogP) is 3.13. The summed E-state index contributed by atoms with van der Waals surface area (Å²) < 4.78 is 53.1. The third-order valence-electron chi connectivity index (χ3n) is 3.99. The predicted molar refractivity (Wildman–Crippen MR) is 104 cm³/mol. The van der Waals surface area contributed by atoms with Crippen molar-refractivity contribution in [3.05, 3.63) is 89.8 Å². The van der Waals surface area contributed by atoms with Gasteiger partial charge in [-0.15, -0.1) is 0 Å². The number of benzene rings is 2. The number of aromatic nitrogens is 1. The summed E-state index contributed by atoms with van der Waals surface area (Å²) in [6, 6.07) is 13.6. The topological polar surface area (TPSA) is 88.2 Å². The average Bonchev–Trinajstić information content (AvgIpc) is 2.71. The number of amides is 1. The lowest BCUT2D eigenvalue weighted by molar-refractivity contribution is 0.0954. The van der Waals surface area contributed by atoms with E-state index >= 15 is 0 Å². The fourth-order valence-electron chi connectivity index (χ4n) is 2.50. The fourth-order valence-corrected chi connectivity index (χ4v) is 3.57. The molecular formula is C20H17F2N3O3S. The minimum absolute atomic E-state index is 0.180. The van der Waals surface area contributed by atoms with E-state index in [2.05, 4.69) is 15.0 Å². The van der Waals surface area contributed by atoms with Crippen LogP contribution >= 0.6 is 0 Å². The Balaban J connectivity index is 1.60. The summed E-state index contributed by atoms with van der Waals surface area (Å²) in [5, 5.41) is 2.76. The molecule has 1 heterocycles. The summed E-state index contributed by atoms with van der Waals surface area (Å²) in [5.41, 5.74) is 1.39. The Kier molecular flexibility index (Phi) is 6.18. The minimum Gasteiger partial charge on any atom is -0.352 e. The lowest BCUT2D eigenvalue weighted by atomic mass is 10.2. The number of anilines is 1. The first-order valence-corrected chi connectivity index (χ1v) is 10.1.